The van der Waals surface area contributed by atoms with E-state index in [1.165, 1.54) is 10.8 Å². The molecule has 0 saturated carbocycles. The third-order valence-corrected chi connectivity index (χ3v) is 8.53. The number of benzene rings is 3. The number of rotatable bonds is 14. The van der Waals surface area contributed by atoms with Crippen LogP contribution in [-0.4, -0.2) is 39.4 Å². The summed E-state index contributed by atoms with van der Waals surface area (Å²) in [6.07, 6.45) is 2.77. The van der Waals surface area contributed by atoms with Crippen LogP contribution in [0.2, 0.25) is 0 Å². The smallest absolute Gasteiger partial charge is 0.355 e. The first-order valence-electron chi connectivity index (χ1n) is 14.1. The van der Waals surface area contributed by atoms with Gasteiger partial charge in [0, 0.05) is 17.2 Å². The van der Waals surface area contributed by atoms with Crippen LogP contribution in [0.15, 0.2) is 102 Å². The predicted molar refractivity (Wildman–Crippen MR) is 173 cm³/mol. The fraction of sp³-hybridized carbons (Fsp3) is 0.182. The van der Waals surface area contributed by atoms with E-state index in [0.29, 0.717) is 18.0 Å². The Kier molecular flexibility index (Phi) is 10.2. The summed E-state index contributed by atoms with van der Waals surface area (Å²) in [6.45, 7) is 0.748. The van der Waals surface area contributed by atoms with Gasteiger partial charge in [-0.1, -0.05) is 97.4 Å². The Labute approximate surface area is 263 Å². The number of unbranched alkanes of at least 4 members (excludes halogenated alkanes) is 2. The SMILES string of the molecule is O=C(CCCCCNC(c1ccccc1)(c1ccccc1)c1ccccc1)Nc1nc(C(=O)Nc2nc(C(=O)O)cs2)cs1. The van der Waals surface area contributed by atoms with Crippen molar-refractivity contribution in [1.29, 1.82) is 0 Å². The number of carboxylic acids is 1. The Morgan fingerprint density at radius 1 is 0.659 bits per heavy atom. The van der Waals surface area contributed by atoms with Crippen molar-refractivity contribution in [3.8, 4) is 0 Å². The van der Waals surface area contributed by atoms with Crippen LogP contribution in [-0.2, 0) is 10.3 Å². The van der Waals surface area contributed by atoms with E-state index in [2.05, 4.69) is 98.7 Å². The highest BCUT2D eigenvalue weighted by atomic mass is 32.1. The van der Waals surface area contributed by atoms with Gasteiger partial charge in [-0.15, -0.1) is 22.7 Å². The number of nitrogens with zero attached hydrogens (tertiary/aromatic N) is 2. The summed E-state index contributed by atoms with van der Waals surface area (Å²) in [6, 6.07) is 31.4. The number of aromatic nitrogens is 2. The average Bonchev–Trinajstić information content (AvgIpc) is 3.72. The molecular formula is C33H31N5O4S2. The van der Waals surface area contributed by atoms with Crippen molar-refractivity contribution in [3.63, 3.8) is 0 Å². The molecule has 224 valence electrons. The second-order valence-electron chi connectivity index (χ2n) is 9.97. The average molecular weight is 626 g/mol. The molecule has 0 fully saturated rings. The molecule has 5 rings (SSSR count). The molecule has 0 saturated heterocycles. The normalized spacial score (nSPS) is 11.2. The van der Waals surface area contributed by atoms with Crippen molar-refractivity contribution in [2.24, 2.45) is 0 Å². The van der Waals surface area contributed by atoms with E-state index in [0.717, 1.165) is 58.8 Å². The van der Waals surface area contributed by atoms with E-state index in [1.54, 1.807) is 0 Å². The number of nitrogens with one attached hydrogen (secondary N) is 3. The van der Waals surface area contributed by atoms with Gasteiger partial charge in [0.15, 0.2) is 16.0 Å². The molecule has 2 amide bonds. The van der Waals surface area contributed by atoms with Gasteiger partial charge in [0.1, 0.15) is 5.69 Å². The zero-order valence-electron chi connectivity index (χ0n) is 23.7. The van der Waals surface area contributed by atoms with Crippen LogP contribution < -0.4 is 16.0 Å². The maximum atomic E-state index is 12.6. The van der Waals surface area contributed by atoms with Crippen molar-refractivity contribution >= 4 is 50.7 Å². The van der Waals surface area contributed by atoms with Crippen LogP contribution in [0.4, 0.5) is 10.3 Å². The molecule has 0 radical (unpaired) electrons. The van der Waals surface area contributed by atoms with Crippen molar-refractivity contribution in [2.75, 3.05) is 17.2 Å². The molecule has 0 aliphatic heterocycles. The summed E-state index contributed by atoms with van der Waals surface area (Å²) in [5.74, 6) is -1.87. The monoisotopic (exact) mass is 625 g/mol. The van der Waals surface area contributed by atoms with Gasteiger partial charge in [0.2, 0.25) is 5.91 Å². The lowest BCUT2D eigenvalue weighted by Gasteiger charge is -2.37. The van der Waals surface area contributed by atoms with Crippen molar-refractivity contribution in [2.45, 2.75) is 31.2 Å². The number of carbonyl (C=O) groups is 3. The van der Waals surface area contributed by atoms with Gasteiger partial charge in [-0.05, 0) is 36.1 Å². The van der Waals surface area contributed by atoms with E-state index in [4.69, 9.17) is 5.11 Å². The molecule has 9 nitrogen and oxygen atoms in total. The Hall–Kier alpha value is -4.71. The molecule has 0 aliphatic carbocycles. The Bertz CT molecular complexity index is 1590. The van der Waals surface area contributed by atoms with Crippen LogP contribution in [0.5, 0.6) is 0 Å². The maximum Gasteiger partial charge on any atom is 0.355 e. The Balaban J connectivity index is 1.13. The molecule has 11 heteroatoms. The van der Waals surface area contributed by atoms with Gasteiger partial charge >= 0.3 is 5.97 Å². The third kappa shape index (κ3) is 7.43. The van der Waals surface area contributed by atoms with Gasteiger partial charge in [0.05, 0.1) is 5.54 Å². The molecule has 0 spiro atoms. The van der Waals surface area contributed by atoms with Crippen molar-refractivity contribution in [3.05, 3.63) is 130 Å². The summed E-state index contributed by atoms with van der Waals surface area (Å²) in [7, 11) is 0. The minimum Gasteiger partial charge on any atom is -0.476 e. The molecule has 0 aliphatic rings. The number of anilines is 2. The van der Waals surface area contributed by atoms with E-state index < -0.39 is 17.4 Å². The van der Waals surface area contributed by atoms with Crippen molar-refractivity contribution < 1.29 is 19.5 Å². The van der Waals surface area contributed by atoms with Crippen LogP contribution in [0.3, 0.4) is 0 Å². The topological polar surface area (TPSA) is 133 Å². The molecule has 4 N–H and O–H groups in total. The van der Waals surface area contributed by atoms with Crippen LogP contribution in [0.1, 0.15) is 63.4 Å². The van der Waals surface area contributed by atoms with Gasteiger partial charge in [-0.2, -0.15) is 0 Å². The van der Waals surface area contributed by atoms with Gasteiger partial charge in [-0.25, -0.2) is 14.8 Å². The van der Waals surface area contributed by atoms with Crippen molar-refractivity contribution in [1.82, 2.24) is 15.3 Å². The number of hydrogen-bond donors (Lipinski definition) is 4. The highest BCUT2D eigenvalue weighted by molar-refractivity contribution is 7.14. The van der Waals surface area contributed by atoms with Crippen LogP contribution in [0.25, 0.3) is 0 Å². The number of aromatic carboxylic acids is 1. The number of carboxylic acid groups (broad SMARTS) is 1. The fourth-order valence-electron chi connectivity index (χ4n) is 4.94. The third-order valence-electron chi connectivity index (χ3n) is 7.02. The molecule has 0 bridgehead atoms. The zero-order chi connectivity index (χ0) is 30.8. The van der Waals surface area contributed by atoms with E-state index >= 15 is 0 Å². The highest BCUT2D eigenvalue weighted by Gasteiger charge is 2.35. The molecule has 3 aromatic carbocycles. The zero-order valence-corrected chi connectivity index (χ0v) is 25.4. The number of thiazole rings is 2. The number of amides is 2. The minimum absolute atomic E-state index is 0.113. The second-order valence-corrected chi connectivity index (χ2v) is 11.7. The Morgan fingerprint density at radius 3 is 1.68 bits per heavy atom. The number of hydrogen-bond acceptors (Lipinski definition) is 8. The van der Waals surface area contributed by atoms with Crippen LogP contribution in [0, 0.1) is 0 Å². The summed E-state index contributed by atoms with van der Waals surface area (Å²) >= 11 is 2.15. The molecule has 0 atom stereocenters. The van der Waals surface area contributed by atoms with E-state index in [1.807, 2.05) is 18.2 Å². The fourth-order valence-corrected chi connectivity index (χ4v) is 6.33. The summed E-state index contributed by atoms with van der Waals surface area (Å²) in [4.78, 5) is 44.0. The molecule has 5 aromatic rings. The van der Waals surface area contributed by atoms with Gasteiger partial charge < -0.3 is 10.4 Å². The minimum atomic E-state index is -1.17. The molecule has 0 unspecified atom stereocenters. The molecular weight excluding hydrogens is 595 g/mol. The lowest BCUT2D eigenvalue weighted by molar-refractivity contribution is -0.116. The Morgan fingerprint density at radius 2 is 1.16 bits per heavy atom. The summed E-state index contributed by atoms with van der Waals surface area (Å²) in [5, 5.41) is 21.5. The lowest BCUT2D eigenvalue weighted by atomic mass is 9.77. The first kappa shape index (κ1) is 30.7. The molecule has 2 aromatic heterocycles. The van der Waals surface area contributed by atoms with Crippen LogP contribution >= 0.6 is 22.7 Å². The molecule has 44 heavy (non-hydrogen) atoms. The first-order chi connectivity index (χ1) is 21.5. The first-order valence-corrected chi connectivity index (χ1v) is 15.9. The molecule has 2 heterocycles. The predicted octanol–water partition coefficient (Wildman–Crippen LogP) is 6.63. The summed E-state index contributed by atoms with van der Waals surface area (Å²) < 4.78 is 0. The largest absolute Gasteiger partial charge is 0.476 e. The van der Waals surface area contributed by atoms with Gasteiger partial charge in [0.25, 0.3) is 5.91 Å². The van der Waals surface area contributed by atoms with E-state index in [-0.39, 0.29) is 22.4 Å². The maximum absolute atomic E-state index is 12.6. The summed E-state index contributed by atoms with van der Waals surface area (Å²) in [5.41, 5.74) is 2.92. The van der Waals surface area contributed by atoms with Gasteiger partial charge in [-0.3, -0.25) is 20.2 Å². The lowest BCUT2D eigenvalue weighted by Crippen LogP contribution is -2.45. The number of carbonyl (C=O) groups excluding carboxylic acids is 2. The standard InChI is InChI=1S/C33H31N5O4S2/c39-28(37-31-35-26(21-43-31)29(40)38-32-36-27(22-44-32)30(41)42)19-11-4-12-20-34-33(23-13-5-1-6-14-23,24-15-7-2-8-16-24)25-17-9-3-10-18-25/h1-3,5-10,13-18,21-22,34H,4,11-12,19-20H2,(H,41,42)(H,35,37,39)(H,36,38,40). The second kappa shape index (κ2) is 14.6. The van der Waals surface area contributed by atoms with E-state index in [9.17, 15) is 14.4 Å². The highest BCUT2D eigenvalue weighted by Crippen LogP contribution is 2.36. The quantitative estimate of drug-likeness (QED) is 0.0804.